The topological polar surface area (TPSA) is 63.6 Å². The third kappa shape index (κ3) is 2.41. The first-order valence-electron chi connectivity index (χ1n) is 5.97. The number of aliphatic carboxylic acids is 1. The number of benzene rings is 1. The number of rotatable bonds is 3. The summed E-state index contributed by atoms with van der Waals surface area (Å²) < 4.78 is 5.28. The van der Waals surface area contributed by atoms with E-state index in [4.69, 9.17) is 33.0 Å². The summed E-state index contributed by atoms with van der Waals surface area (Å²) in [6.45, 7) is 0. The number of fused-ring (bicyclic) bond motifs is 1. The van der Waals surface area contributed by atoms with Crippen molar-refractivity contribution in [2.24, 2.45) is 0 Å². The number of carbonyl (C=O) groups is 2. The zero-order valence-corrected chi connectivity index (χ0v) is 12.8. The summed E-state index contributed by atoms with van der Waals surface area (Å²) in [5.74, 6) is -1.07. The summed E-state index contributed by atoms with van der Waals surface area (Å²) in [7, 11) is 0. The predicted octanol–water partition coefficient (Wildman–Crippen LogP) is 3.67. The van der Waals surface area contributed by atoms with Crippen LogP contribution in [0.15, 0.2) is 23.6 Å². The molecule has 1 aliphatic rings. The molecule has 0 saturated heterocycles. The molecule has 1 N–H and O–H groups in total. The van der Waals surface area contributed by atoms with Gasteiger partial charge in [0.25, 0.3) is 0 Å². The van der Waals surface area contributed by atoms with E-state index < -0.39 is 12.1 Å². The molecule has 2 aromatic rings. The SMILES string of the molecule is O=C(c1cccs1)c1cc2c(c(Cl)c1Cl)O[C@@H](C(=O)O)C2. The van der Waals surface area contributed by atoms with Gasteiger partial charge in [0.1, 0.15) is 10.8 Å². The molecule has 0 amide bonds. The smallest absolute Gasteiger partial charge is 0.345 e. The molecule has 0 unspecified atom stereocenters. The van der Waals surface area contributed by atoms with E-state index in [0.717, 1.165) is 0 Å². The summed E-state index contributed by atoms with van der Waals surface area (Å²) >= 11 is 13.6. The van der Waals surface area contributed by atoms with Crippen molar-refractivity contribution in [1.29, 1.82) is 0 Å². The highest BCUT2D eigenvalue weighted by Crippen LogP contribution is 2.43. The first-order valence-corrected chi connectivity index (χ1v) is 7.61. The molecule has 7 heteroatoms. The average Bonchev–Trinajstić information content (AvgIpc) is 3.10. The Kier molecular flexibility index (Phi) is 3.65. The van der Waals surface area contributed by atoms with Crippen LogP contribution in [0.25, 0.3) is 0 Å². The van der Waals surface area contributed by atoms with Crippen molar-refractivity contribution in [2.75, 3.05) is 0 Å². The van der Waals surface area contributed by atoms with Crippen LogP contribution < -0.4 is 4.74 Å². The standard InChI is InChI=1S/C14H8Cl2O4S/c15-10-7(12(17)9-2-1-3-21-9)4-6-5-8(14(18)19)20-13(6)11(10)16/h1-4,8H,5H2,(H,18,19)/t8-/m1/s1. The molecule has 21 heavy (non-hydrogen) atoms. The first-order chi connectivity index (χ1) is 9.99. The van der Waals surface area contributed by atoms with E-state index in [9.17, 15) is 9.59 Å². The fraction of sp³-hybridized carbons (Fsp3) is 0.143. The molecule has 0 bridgehead atoms. The van der Waals surface area contributed by atoms with Crippen molar-refractivity contribution in [1.82, 2.24) is 0 Å². The normalized spacial score (nSPS) is 16.4. The van der Waals surface area contributed by atoms with Crippen LogP contribution in [0.2, 0.25) is 10.0 Å². The maximum Gasteiger partial charge on any atom is 0.345 e. The minimum Gasteiger partial charge on any atom is -0.478 e. The lowest BCUT2D eigenvalue weighted by Crippen LogP contribution is -2.24. The van der Waals surface area contributed by atoms with E-state index in [2.05, 4.69) is 0 Å². The molecule has 1 aromatic heterocycles. The Morgan fingerprint density at radius 3 is 2.71 bits per heavy atom. The number of hydrogen-bond donors (Lipinski definition) is 1. The van der Waals surface area contributed by atoms with Gasteiger partial charge in [0.2, 0.25) is 5.78 Å². The molecule has 0 aliphatic carbocycles. The summed E-state index contributed by atoms with van der Waals surface area (Å²) in [6.07, 6.45) is -0.840. The van der Waals surface area contributed by atoms with Gasteiger partial charge in [0, 0.05) is 17.5 Å². The molecule has 2 heterocycles. The van der Waals surface area contributed by atoms with Crippen molar-refractivity contribution in [3.8, 4) is 5.75 Å². The van der Waals surface area contributed by atoms with Gasteiger partial charge in [-0.05, 0) is 17.5 Å². The summed E-state index contributed by atoms with van der Waals surface area (Å²) in [5.41, 5.74) is 0.842. The highest BCUT2D eigenvalue weighted by atomic mass is 35.5. The number of carbonyl (C=O) groups excluding carboxylic acids is 1. The van der Waals surface area contributed by atoms with Gasteiger partial charge in [-0.1, -0.05) is 29.3 Å². The predicted molar refractivity (Wildman–Crippen MR) is 80.0 cm³/mol. The average molecular weight is 343 g/mol. The van der Waals surface area contributed by atoms with E-state index in [-0.39, 0.29) is 33.6 Å². The molecule has 108 valence electrons. The lowest BCUT2D eigenvalue weighted by molar-refractivity contribution is -0.144. The Bertz CT molecular complexity index is 740. The van der Waals surface area contributed by atoms with Crippen LogP contribution in [-0.2, 0) is 11.2 Å². The number of thiophene rings is 1. The second-order valence-electron chi connectivity index (χ2n) is 4.50. The molecule has 0 saturated carbocycles. The minimum atomic E-state index is -1.08. The lowest BCUT2D eigenvalue weighted by atomic mass is 10.0. The van der Waals surface area contributed by atoms with Gasteiger partial charge in [0.15, 0.2) is 6.10 Å². The second kappa shape index (κ2) is 5.33. The summed E-state index contributed by atoms with van der Waals surface area (Å²) in [5, 5.41) is 11.0. The molecule has 0 fully saturated rings. The van der Waals surface area contributed by atoms with Crippen LogP contribution in [0.1, 0.15) is 20.8 Å². The van der Waals surface area contributed by atoms with Crippen molar-refractivity contribution in [2.45, 2.75) is 12.5 Å². The maximum atomic E-state index is 12.4. The number of ketones is 1. The number of carboxylic acids is 1. The van der Waals surface area contributed by atoms with Gasteiger partial charge in [-0.25, -0.2) is 4.79 Å². The second-order valence-corrected chi connectivity index (χ2v) is 6.20. The molecule has 1 aromatic carbocycles. The van der Waals surface area contributed by atoms with Gasteiger partial charge in [0.05, 0.1) is 9.90 Å². The number of halogens is 2. The maximum absolute atomic E-state index is 12.4. The van der Waals surface area contributed by atoms with E-state index in [1.807, 2.05) is 0 Å². The van der Waals surface area contributed by atoms with Crippen LogP contribution in [-0.4, -0.2) is 23.0 Å². The molecule has 3 rings (SSSR count). The van der Waals surface area contributed by atoms with Gasteiger partial charge in [-0.15, -0.1) is 11.3 Å². The van der Waals surface area contributed by atoms with E-state index in [1.54, 1.807) is 23.6 Å². The fourth-order valence-electron chi connectivity index (χ4n) is 2.17. The number of carboxylic acid groups (broad SMARTS) is 1. The monoisotopic (exact) mass is 342 g/mol. The summed E-state index contributed by atoms with van der Waals surface area (Å²) in [4.78, 5) is 24.0. The van der Waals surface area contributed by atoms with Crippen molar-refractivity contribution >= 4 is 46.3 Å². The molecule has 1 atom stereocenters. The zero-order chi connectivity index (χ0) is 15.1. The zero-order valence-electron chi connectivity index (χ0n) is 10.4. The molecular formula is C14H8Cl2O4S. The van der Waals surface area contributed by atoms with Crippen molar-refractivity contribution in [3.05, 3.63) is 49.6 Å². The van der Waals surface area contributed by atoms with Crippen LogP contribution in [0.4, 0.5) is 0 Å². The summed E-state index contributed by atoms with van der Waals surface area (Å²) in [6, 6.07) is 5.03. The lowest BCUT2D eigenvalue weighted by Gasteiger charge is -2.09. The van der Waals surface area contributed by atoms with Gasteiger partial charge >= 0.3 is 5.97 Å². The number of ether oxygens (including phenoxy) is 1. The van der Waals surface area contributed by atoms with Crippen LogP contribution in [0.5, 0.6) is 5.75 Å². The Morgan fingerprint density at radius 2 is 2.10 bits per heavy atom. The minimum absolute atomic E-state index is 0.0813. The first kappa shape index (κ1) is 14.4. The Morgan fingerprint density at radius 1 is 1.33 bits per heavy atom. The quantitative estimate of drug-likeness (QED) is 0.864. The molecule has 1 aliphatic heterocycles. The highest BCUT2D eigenvalue weighted by molar-refractivity contribution is 7.12. The van der Waals surface area contributed by atoms with Gasteiger partial charge in [-0.2, -0.15) is 0 Å². The highest BCUT2D eigenvalue weighted by Gasteiger charge is 2.33. The Balaban J connectivity index is 2.06. The van der Waals surface area contributed by atoms with Crippen molar-refractivity contribution < 1.29 is 19.4 Å². The largest absolute Gasteiger partial charge is 0.478 e. The third-order valence-corrected chi connectivity index (χ3v) is 4.89. The van der Waals surface area contributed by atoms with Crippen LogP contribution >= 0.6 is 34.5 Å². The number of hydrogen-bond acceptors (Lipinski definition) is 4. The molecule has 0 radical (unpaired) electrons. The van der Waals surface area contributed by atoms with Crippen molar-refractivity contribution in [3.63, 3.8) is 0 Å². The van der Waals surface area contributed by atoms with E-state index >= 15 is 0 Å². The third-order valence-electron chi connectivity index (χ3n) is 3.17. The fourth-order valence-corrected chi connectivity index (χ4v) is 3.34. The van der Waals surface area contributed by atoms with Crippen LogP contribution in [0.3, 0.4) is 0 Å². The Hall–Kier alpha value is -1.56. The van der Waals surface area contributed by atoms with Gasteiger partial charge < -0.3 is 9.84 Å². The molecular weight excluding hydrogens is 335 g/mol. The Labute approximate surface area is 133 Å². The molecule has 0 spiro atoms. The molecule has 4 nitrogen and oxygen atoms in total. The van der Waals surface area contributed by atoms with Crippen LogP contribution in [0, 0.1) is 0 Å². The van der Waals surface area contributed by atoms with Gasteiger partial charge in [-0.3, -0.25) is 4.79 Å². The van der Waals surface area contributed by atoms with E-state index in [1.165, 1.54) is 11.3 Å². The van der Waals surface area contributed by atoms with E-state index in [0.29, 0.717) is 10.4 Å².